The summed E-state index contributed by atoms with van der Waals surface area (Å²) in [7, 11) is 0. The van der Waals surface area contributed by atoms with E-state index >= 15 is 0 Å². The highest BCUT2D eigenvalue weighted by molar-refractivity contribution is 9.09. The lowest BCUT2D eigenvalue weighted by Gasteiger charge is -2.04. The lowest BCUT2D eigenvalue weighted by atomic mass is 10.2. The first kappa shape index (κ1) is 9.50. The Morgan fingerprint density at radius 3 is 2.85 bits per heavy atom. The molecule has 3 heteroatoms. The third-order valence-corrected chi connectivity index (χ3v) is 3.45. The van der Waals surface area contributed by atoms with E-state index in [9.17, 15) is 0 Å². The minimum Gasteiger partial charge on any atom is -0.292 e. The van der Waals surface area contributed by atoms with Crippen molar-refractivity contribution in [2.45, 2.75) is 12.6 Å². The zero-order valence-corrected chi connectivity index (χ0v) is 9.55. The highest BCUT2D eigenvalue weighted by Gasteiger charge is 2.32. The van der Waals surface area contributed by atoms with Crippen molar-refractivity contribution in [3.8, 4) is 0 Å². The molecule has 0 aromatic heterocycles. The first-order valence-corrected chi connectivity index (χ1v) is 5.84. The van der Waals surface area contributed by atoms with Crippen LogP contribution in [-0.2, 0) is 6.54 Å². The van der Waals surface area contributed by atoms with E-state index in [1.807, 2.05) is 18.2 Å². The molecule has 0 saturated carbocycles. The molecule has 1 heterocycles. The molecule has 70 valence electrons. The van der Waals surface area contributed by atoms with Crippen LogP contribution in [0.25, 0.3) is 0 Å². The smallest absolute Gasteiger partial charge is 0.0451 e. The van der Waals surface area contributed by atoms with Gasteiger partial charge < -0.3 is 0 Å². The number of benzene rings is 1. The van der Waals surface area contributed by atoms with Crippen molar-refractivity contribution in [2.24, 2.45) is 0 Å². The molecule has 1 aliphatic heterocycles. The normalized spacial score (nSPS) is 26.0. The minimum absolute atomic E-state index is 0.719. The van der Waals surface area contributed by atoms with E-state index in [4.69, 9.17) is 11.6 Å². The highest BCUT2D eigenvalue weighted by Crippen LogP contribution is 2.25. The molecule has 1 aliphatic rings. The second-order valence-electron chi connectivity index (χ2n) is 3.33. The van der Waals surface area contributed by atoms with Gasteiger partial charge in [-0.2, -0.15) is 0 Å². The van der Waals surface area contributed by atoms with Crippen LogP contribution in [0.4, 0.5) is 0 Å². The van der Waals surface area contributed by atoms with Gasteiger partial charge in [-0.1, -0.05) is 45.7 Å². The van der Waals surface area contributed by atoms with Gasteiger partial charge in [0.2, 0.25) is 0 Å². The van der Waals surface area contributed by atoms with Gasteiger partial charge in [0.15, 0.2) is 0 Å². The third-order valence-electron chi connectivity index (χ3n) is 2.34. The van der Waals surface area contributed by atoms with Crippen molar-refractivity contribution in [3.63, 3.8) is 0 Å². The summed E-state index contributed by atoms with van der Waals surface area (Å²) in [6.07, 6.45) is 0. The number of halogens is 2. The average Bonchev–Trinajstić information content (AvgIpc) is 2.88. The van der Waals surface area contributed by atoms with Crippen LogP contribution in [0.3, 0.4) is 0 Å². The predicted octanol–water partition coefficient (Wildman–Crippen LogP) is 2.92. The molecule has 2 atom stereocenters. The maximum atomic E-state index is 6.05. The Balaban J connectivity index is 1.99. The van der Waals surface area contributed by atoms with Crippen molar-refractivity contribution >= 4 is 27.5 Å². The minimum atomic E-state index is 0.719. The lowest BCUT2D eigenvalue weighted by molar-refractivity contribution is 0.518. The van der Waals surface area contributed by atoms with Crippen LogP contribution >= 0.6 is 27.5 Å². The van der Waals surface area contributed by atoms with Crippen LogP contribution in [0, 0.1) is 0 Å². The van der Waals surface area contributed by atoms with Gasteiger partial charge in [-0.3, -0.25) is 4.90 Å². The van der Waals surface area contributed by atoms with E-state index in [0.717, 1.165) is 22.9 Å². The van der Waals surface area contributed by atoms with Gasteiger partial charge in [0, 0.05) is 29.5 Å². The van der Waals surface area contributed by atoms with Crippen molar-refractivity contribution < 1.29 is 0 Å². The second kappa shape index (κ2) is 3.99. The Morgan fingerprint density at radius 1 is 1.46 bits per heavy atom. The van der Waals surface area contributed by atoms with Crippen LogP contribution in [0.15, 0.2) is 24.3 Å². The Labute approximate surface area is 91.8 Å². The topological polar surface area (TPSA) is 3.01 Å². The van der Waals surface area contributed by atoms with Crippen molar-refractivity contribution in [1.82, 2.24) is 4.90 Å². The van der Waals surface area contributed by atoms with Gasteiger partial charge in [0.25, 0.3) is 0 Å². The molecular formula is C10H11BrClN. The van der Waals surface area contributed by atoms with Gasteiger partial charge in [0.1, 0.15) is 0 Å². The standard InChI is InChI=1S/C10H11BrClN/c11-5-9-7-13(9)6-8-3-1-2-4-10(8)12/h1-4,9H,5-7H2/t9-,13?/m1/s1. The molecule has 0 aliphatic carbocycles. The van der Waals surface area contributed by atoms with E-state index in [1.54, 1.807) is 0 Å². The summed E-state index contributed by atoms with van der Waals surface area (Å²) < 4.78 is 0. The summed E-state index contributed by atoms with van der Waals surface area (Å²) in [6, 6.07) is 8.76. The molecule has 0 bridgehead atoms. The zero-order valence-electron chi connectivity index (χ0n) is 7.21. The Kier molecular flexibility index (Phi) is 2.92. The molecule has 1 fully saturated rings. The number of hydrogen-bond donors (Lipinski definition) is 0. The van der Waals surface area contributed by atoms with Crippen LogP contribution in [0.1, 0.15) is 5.56 Å². The molecule has 1 aromatic rings. The van der Waals surface area contributed by atoms with Crippen LogP contribution < -0.4 is 0 Å². The summed E-state index contributed by atoms with van der Waals surface area (Å²) in [5.41, 5.74) is 1.23. The predicted molar refractivity (Wildman–Crippen MR) is 59.4 cm³/mol. The van der Waals surface area contributed by atoms with Crippen LogP contribution in [-0.4, -0.2) is 22.8 Å². The molecule has 2 rings (SSSR count). The quantitative estimate of drug-likeness (QED) is 0.596. The number of rotatable bonds is 3. The Bertz CT molecular complexity index is 303. The van der Waals surface area contributed by atoms with E-state index in [-0.39, 0.29) is 0 Å². The van der Waals surface area contributed by atoms with Crippen LogP contribution in [0.5, 0.6) is 0 Å². The lowest BCUT2D eigenvalue weighted by Crippen LogP contribution is -2.03. The second-order valence-corrected chi connectivity index (χ2v) is 4.38. The highest BCUT2D eigenvalue weighted by atomic mass is 79.9. The summed E-state index contributed by atoms with van der Waals surface area (Å²) in [5, 5.41) is 1.94. The zero-order chi connectivity index (χ0) is 9.26. The molecule has 0 spiro atoms. The fourth-order valence-electron chi connectivity index (χ4n) is 1.41. The summed E-state index contributed by atoms with van der Waals surface area (Å²) in [5.74, 6) is 0. The fourth-order valence-corrected chi connectivity index (χ4v) is 2.22. The number of alkyl halides is 1. The van der Waals surface area contributed by atoms with Gasteiger partial charge in [0.05, 0.1) is 0 Å². The van der Waals surface area contributed by atoms with E-state index < -0.39 is 0 Å². The fraction of sp³-hybridized carbons (Fsp3) is 0.400. The molecule has 0 amide bonds. The Morgan fingerprint density at radius 2 is 2.23 bits per heavy atom. The average molecular weight is 261 g/mol. The summed E-state index contributed by atoms with van der Waals surface area (Å²) in [6.45, 7) is 2.17. The third kappa shape index (κ3) is 2.25. The Hall–Kier alpha value is -0.0500. The summed E-state index contributed by atoms with van der Waals surface area (Å²) >= 11 is 9.52. The van der Waals surface area contributed by atoms with E-state index in [0.29, 0.717) is 0 Å². The van der Waals surface area contributed by atoms with E-state index in [2.05, 4.69) is 26.9 Å². The largest absolute Gasteiger partial charge is 0.292 e. The van der Waals surface area contributed by atoms with Crippen molar-refractivity contribution in [2.75, 3.05) is 11.9 Å². The molecule has 1 nitrogen and oxygen atoms in total. The summed E-state index contributed by atoms with van der Waals surface area (Å²) in [4.78, 5) is 2.40. The molecular weight excluding hydrogens is 249 g/mol. The molecule has 0 N–H and O–H groups in total. The van der Waals surface area contributed by atoms with Gasteiger partial charge >= 0.3 is 0 Å². The van der Waals surface area contributed by atoms with Crippen molar-refractivity contribution in [3.05, 3.63) is 34.9 Å². The number of nitrogens with zero attached hydrogens (tertiary/aromatic N) is 1. The molecule has 13 heavy (non-hydrogen) atoms. The van der Waals surface area contributed by atoms with E-state index in [1.165, 1.54) is 12.1 Å². The maximum absolute atomic E-state index is 6.05. The van der Waals surface area contributed by atoms with Gasteiger partial charge in [-0.25, -0.2) is 0 Å². The SMILES string of the molecule is Clc1ccccc1CN1C[C@H]1CBr. The maximum Gasteiger partial charge on any atom is 0.0451 e. The van der Waals surface area contributed by atoms with Gasteiger partial charge in [-0.15, -0.1) is 0 Å². The number of hydrogen-bond acceptors (Lipinski definition) is 1. The monoisotopic (exact) mass is 259 g/mol. The molecule has 0 radical (unpaired) electrons. The molecule has 1 saturated heterocycles. The molecule has 1 unspecified atom stereocenters. The molecule has 1 aromatic carbocycles. The first-order chi connectivity index (χ1) is 6.31. The van der Waals surface area contributed by atoms with Crippen LogP contribution in [0.2, 0.25) is 5.02 Å². The van der Waals surface area contributed by atoms with Gasteiger partial charge in [-0.05, 0) is 11.6 Å². The van der Waals surface area contributed by atoms with Crippen molar-refractivity contribution in [1.29, 1.82) is 0 Å². The first-order valence-electron chi connectivity index (χ1n) is 4.34.